The summed E-state index contributed by atoms with van der Waals surface area (Å²) in [6, 6.07) is 5.25. The Labute approximate surface area is 235 Å². The zero-order valence-electron chi connectivity index (χ0n) is 20.9. The van der Waals surface area contributed by atoms with Crippen LogP contribution in [0, 0.1) is 11.8 Å². The molecule has 1 rings (SSSR count). The van der Waals surface area contributed by atoms with E-state index in [9.17, 15) is 13.0 Å². The van der Waals surface area contributed by atoms with Crippen molar-refractivity contribution in [3.63, 3.8) is 0 Å². The number of hydrogen-bond donors (Lipinski definition) is 0. The molecular formula is C26H45KO3S. The van der Waals surface area contributed by atoms with Crippen LogP contribution in [0.25, 0.3) is 0 Å². The Morgan fingerprint density at radius 3 is 1.65 bits per heavy atom. The van der Waals surface area contributed by atoms with Gasteiger partial charge in [-0.3, -0.25) is 0 Å². The monoisotopic (exact) mass is 476 g/mol. The van der Waals surface area contributed by atoms with Gasteiger partial charge >= 0.3 is 51.4 Å². The third-order valence-corrected chi connectivity index (χ3v) is 6.86. The van der Waals surface area contributed by atoms with E-state index in [-0.39, 0.29) is 56.3 Å². The number of unbranched alkanes of at least 4 members (excludes halogenated alkanes) is 8. The summed E-state index contributed by atoms with van der Waals surface area (Å²) in [7, 11) is -4.42. The second kappa shape index (κ2) is 18.1. The van der Waals surface area contributed by atoms with Gasteiger partial charge in [-0.2, -0.15) is 0 Å². The smallest absolute Gasteiger partial charge is 0.744 e. The van der Waals surface area contributed by atoms with Crippen LogP contribution in [0.4, 0.5) is 0 Å². The van der Waals surface area contributed by atoms with E-state index in [0.29, 0.717) is 6.42 Å². The van der Waals surface area contributed by atoms with Gasteiger partial charge in [0.2, 0.25) is 0 Å². The molecule has 0 radical (unpaired) electrons. The molecule has 0 amide bonds. The van der Waals surface area contributed by atoms with Crippen molar-refractivity contribution >= 4 is 10.1 Å². The van der Waals surface area contributed by atoms with E-state index < -0.39 is 10.1 Å². The molecule has 0 fully saturated rings. The maximum absolute atomic E-state index is 11.8. The number of aryl methyl sites for hydroxylation is 1. The normalized spacial score (nSPS) is 11.8. The van der Waals surface area contributed by atoms with Gasteiger partial charge in [0.1, 0.15) is 10.1 Å². The molecule has 3 nitrogen and oxygen atoms in total. The first-order valence-electron chi connectivity index (χ1n) is 12.3. The molecule has 0 saturated heterocycles. The van der Waals surface area contributed by atoms with Gasteiger partial charge in [0.05, 0.1) is 4.90 Å². The summed E-state index contributed by atoms with van der Waals surface area (Å²) in [6.07, 6.45) is 15.9. The molecule has 1 aromatic rings. The standard InChI is InChI=1S/C26H46O3S.K/c1-22(2)16-11-7-5-9-13-18-24-19-15-21-26(30(27,28)29)25(24)20-14-10-6-8-12-17-23(3)4;/h15,19,21-23H,5-14,16-18,20H2,1-4H3,(H,27,28,29);/q;+1/p-1. The van der Waals surface area contributed by atoms with Crippen molar-refractivity contribution in [1.29, 1.82) is 0 Å². The van der Waals surface area contributed by atoms with Crippen LogP contribution >= 0.6 is 0 Å². The topological polar surface area (TPSA) is 57.2 Å². The SMILES string of the molecule is CC(C)CCCCCCCc1cccc(S(=O)(=O)[O-])c1CCCCCCCC(C)C.[K+]. The average Bonchev–Trinajstić information content (AvgIpc) is 2.65. The molecule has 0 bridgehead atoms. The first-order chi connectivity index (χ1) is 14.2. The molecule has 0 aliphatic rings. The van der Waals surface area contributed by atoms with Crippen LogP contribution < -0.4 is 51.4 Å². The molecule has 31 heavy (non-hydrogen) atoms. The maximum Gasteiger partial charge on any atom is 1.00 e. The van der Waals surface area contributed by atoms with Crippen LogP contribution in [0.5, 0.6) is 0 Å². The molecular weight excluding hydrogens is 431 g/mol. The molecule has 1 aromatic carbocycles. The summed E-state index contributed by atoms with van der Waals surface area (Å²) in [5.41, 5.74) is 1.85. The zero-order chi connectivity index (χ0) is 22.4. The Kier molecular flexibility index (Phi) is 18.6. The van der Waals surface area contributed by atoms with Gasteiger partial charge in [0.25, 0.3) is 0 Å². The van der Waals surface area contributed by atoms with Crippen LogP contribution in [0.15, 0.2) is 23.1 Å². The summed E-state index contributed by atoms with van der Waals surface area (Å²) in [6.45, 7) is 9.05. The van der Waals surface area contributed by atoms with Crippen molar-refractivity contribution in [2.24, 2.45) is 11.8 Å². The van der Waals surface area contributed by atoms with Crippen molar-refractivity contribution in [1.82, 2.24) is 0 Å². The Balaban J connectivity index is 0.00000900. The quantitative estimate of drug-likeness (QED) is 0.186. The van der Waals surface area contributed by atoms with Gasteiger partial charge in [0, 0.05) is 0 Å². The predicted molar refractivity (Wildman–Crippen MR) is 127 cm³/mol. The largest absolute Gasteiger partial charge is 1.00 e. The first kappa shape index (κ1) is 31.8. The van der Waals surface area contributed by atoms with Crippen molar-refractivity contribution in [2.75, 3.05) is 0 Å². The summed E-state index contributed by atoms with van der Waals surface area (Å²) >= 11 is 0. The maximum atomic E-state index is 11.8. The van der Waals surface area contributed by atoms with E-state index in [0.717, 1.165) is 48.6 Å². The van der Waals surface area contributed by atoms with Gasteiger partial charge in [-0.1, -0.05) is 104 Å². The van der Waals surface area contributed by atoms with E-state index in [1.165, 1.54) is 63.9 Å². The molecule has 0 aliphatic heterocycles. The Morgan fingerprint density at radius 1 is 0.710 bits per heavy atom. The summed E-state index contributed by atoms with van der Waals surface area (Å²) < 4.78 is 35.4. The molecule has 0 atom stereocenters. The molecule has 5 heteroatoms. The minimum absolute atomic E-state index is 0. The van der Waals surface area contributed by atoms with Crippen molar-refractivity contribution in [3.8, 4) is 0 Å². The van der Waals surface area contributed by atoms with Crippen LogP contribution in [0.2, 0.25) is 0 Å². The van der Waals surface area contributed by atoms with Crippen molar-refractivity contribution in [2.45, 2.75) is 122 Å². The summed E-state index contributed by atoms with van der Waals surface area (Å²) in [5, 5.41) is 0. The van der Waals surface area contributed by atoms with Crippen LogP contribution in [-0.2, 0) is 23.0 Å². The molecule has 0 unspecified atom stereocenters. The summed E-state index contributed by atoms with van der Waals surface area (Å²) in [4.78, 5) is 0.0109. The summed E-state index contributed by atoms with van der Waals surface area (Å²) in [5.74, 6) is 1.54. The average molecular weight is 477 g/mol. The van der Waals surface area contributed by atoms with Crippen LogP contribution in [0.3, 0.4) is 0 Å². The minimum Gasteiger partial charge on any atom is -0.744 e. The van der Waals surface area contributed by atoms with Crippen molar-refractivity contribution in [3.05, 3.63) is 29.3 Å². The Bertz CT molecular complexity index is 684. The molecule has 0 spiro atoms. The second-order valence-electron chi connectivity index (χ2n) is 9.75. The Morgan fingerprint density at radius 2 is 1.16 bits per heavy atom. The van der Waals surface area contributed by atoms with Gasteiger partial charge < -0.3 is 4.55 Å². The van der Waals surface area contributed by atoms with Gasteiger partial charge in [-0.15, -0.1) is 0 Å². The molecule has 0 saturated carbocycles. The van der Waals surface area contributed by atoms with Crippen LogP contribution in [0.1, 0.15) is 116 Å². The number of benzene rings is 1. The number of hydrogen-bond acceptors (Lipinski definition) is 3. The van der Waals surface area contributed by atoms with Crippen LogP contribution in [-0.4, -0.2) is 13.0 Å². The molecule has 174 valence electrons. The first-order valence-corrected chi connectivity index (χ1v) is 13.7. The van der Waals surface area contributed by atoms with E-state index >= 15 is 0 Å². The van der Waals surface area contributed by atoms with E-state index in [1.54, 1.807) is 6.07 Å². The molecule has 0 aromatic heterocycles. The van der Waals surface area contributed by atoms with Gasteiger partial charge in [0.15, 0.2) is 0 Å². The third kappa shape index (κ3) is 15.3. The second-order valence-corrected chi connectivity index (χ2v) is 11.1. The minimum atomic E-state index is -4.42. The van der Waals surface area contributed by atoms with E-state index in [2.05, 4.69) is 27.7 Å². The zero-order valence-corrected chi connectivity index (χ0v) is 24.9. The predicted octanol–water partition coefficient (Wildman–Crippen LogP) is 4.67. The fraction of sp³-hybridized carbons (Fsp3) is 0.769. The number of rotatable bonds is 17. The molecule has 0 N–H and O–H groups in total. The van der Waals surface area contributed by atoms with E-state index in [1.807, 2.05) is 6.07 Å². The Hall–Kier alpha value is 0.766. The third-order valence-electron chi connectivity index (χ3n) is 5.94. The molecule has 0 heterocycles. The van der Waals surface area contributed by atoms with E-state index in [4.69, 9.17) is 0 Å². The van der Waals surface area contributed by atoms with Crippen molar-refractivity contribution < 1.29 is 64.4 Å². The fourth-order valence-corrected chi connectivity index (χ4v) is 4.93. The molecule has 0 aliphatic carbocycles. The van der Waals surface area contributed by atoms with Gasteiger partial charge in [-0.05, 0) is 54.7 Å². The van der Waals surface area contributed by atoms with Gasteiger partial charge in [-0.25, -0.2) is 8.42 Å². The fourth-order valence-electron chi connectivity index (χ4n) is 4.15.